The number of aromatic nitrogens is 3. The zero-order chi connectivity index (χ0) is 16.9. The van der Waals surface area contributed by atoms with Gasteiger partial charge in [0, 0.05) is 19.3 Å². The van der Waals surface area contributed by atoms with Crippen molar-refractivity contribution < 1.29 is 14.1 Å². The Labute approximate surface area is 141 Å². The molecule has 1 saturated heterocycles. The van der Waals surface area contributed by atoms with Crippen LogP contribution in [0, 0.1) is 6.92 Å². The number of amides is 1. The molecule has 3 rings (SSSR count). The fourth-order valence-electron chi connectivity index (χ4n) is 3.01. The third-order valence-electron chi connectivity index (χ3n) is 4.17. The fourth-order valence-corrected chi connectivity index (χ4v) is 3.01. The predicted molar refractivity (Wildman–Crippen MR) is 86.2 cm³/mol. The molecule has 3 heterocycles. The Balaban J connectivity index is 1.88. The van der Waals surface area contributed by atoms with Gasteiger partial charge in [0.25, 0.3) is 11.8 Å². The first-order valence-electron chi connectivity index (χ1n) is 8.25. The van der Waals surface area contributed by atoms with E-state index in [0.717, 1.165) is 31.4 Å². The van der Waals surface area contributed by atoms with E-state index in [1.807, 2.05) is 24.0 Å². The van der Waals surface area contributed by atoms with Crippen LogP contribution in [0.15, 0.2) is 22.7 Å². The highest BCUT2D eigenvalue weighted by Crippen LogP contribution is 2.29. The maximum absolute atomic E-state index is 13.0. The second-order valence-electron chi connectivity index (χ2n) is 6.01. The highest BCUT2D eigenvalue weighted by molar-refractivity contribution is 5.92. The van der Waals surface area contributed by atoms with E-state index < -0.39 is 0 Å². The lowest BCUT2D eigenvalue weighted by molar-refractivity contribution is 0.0664. The Morgan fingerprint density at radius 2 is 2.21 bits per heavy atom. The molecule has 1 unspecified atom stereocenters. The summed E-state index contributed by atoms with van der Waals surface area (Å²) in [5.41, 5.74) is 1.29. The number of hydrogen-bond donors (Lipinski definition) is 0. The molecule has 1 aliphatic heterocycles. The summed E-state index contributed by atoms with van der Waals surface area (Å²) in [5.74, 6) is 0.895. The summed E-state index contributed by atoms with van der Waals surface area (Å²) in [5, 5.41) is 4.06. The van der Waals surface area contributed by atoms with Crippen molar-refractivity contribution in [1.82, 2.24) is 20.0 Å². The van der Waals surface area contributed by atoms with E-state index in [1.165, 1.54) is 0 Å². The smallest absolute Gasteiger partial charge is 0.273 e. The molecule has 1 fully saturated rings. The Hall–Kier alpha value is -2.28. The molecule has 0 N–H and O–H groups in total. The van der Waals surface area contributed by atoms with Crippen LogP contribution in [0.1, 0.15) is 59.6 Å². The SMILES string of the molecule is COCc1nc(C2CCCCCN2C(=O)c2cccc(C)n2)no1. The van der Waals surface area contributed by atoms with Crippen LogP contribution in [0.5, 0.6) is 0 Å². The molecular formula is C17H22N4O3. The number of methoxy groups -OCH3 is 1. The lowest BCUT2D eigenvalue weighted by atomic mass is 10.1. The molecule has 2 aromatic heterocycles. The van der Waals surface area contributed by atoms with Crippen LogP contribution in [0.3, 0.4) is 0 Å². The first-order chi connectivity index (χ1) is 11.7. The van der Waals surface area contributed by atoms with Crippen molar-refractivity contribution in [3.63, 3.8) is 0 Å². The van der Waals surface area contributed by atoms with Gasteiger partial charge in [0.05, 0.1) is 6.04 Å². The summed E-state index contributed by atoms with van der Waals surface area (Å²) in [6.45, 7) is 2.83. The van der Waals surface area contributed by atoms with Crippen molar-refractivity contribution in [2.45, 2.75) is 45.3 Å². The number of nitrogens with zero attached hydrogens (tertiary/aromatic N) is 4. The summed E-state index contributed by atoms with van der Waals surface area (Å²) >= 11 is 0. The van der Waals surface area contributed by atoms with E-state index in [4.69, 9.17) is 9.26 Å². The number of carbonyl (C=O) groups excluding carboxylic acids is 1. The molecule has 7 nitrogen and oxygen atoms in total. The number of pyridine rings is 1. The largest absolute Gasteiger partial charge is 0.375 e. The first kappa shape index (κ1) is 16.6. The second kappa shape index (κ2) is 7.53. The number of rotatable bonds is 4. The molecule has 1 amide bonds. The zero-order valence-electron chi connectivity index (χ0n) is 14.1. The maximum atomic E-state index is 13.0. The van der Waals surface area contributed by atoms with Crippen LogP contribution in [0.25, 0.3) is 0 Å². The van der Waals surface area contributed by atoms with Gasteiger partial charge in [-0.15, -0.1) is 0 Å². The van der Waals surface area contributed by atoms with Crippen molar-refractivity contribution in [2.24, 2.45) is 0 Å². The number of aryl methyl sites for hydroxylation is 1. The molecule has 0 spiro atoms. The van der Waals surface area contributed by atoms with E-state index in [2.05, 4.69) is 15.1 Å². The summed E-state index contributed by atoms with van der Waals surface area (Å²) in [4.78, 5) is 23.6. The van der Waals surface area contributed by atoms with Crippen LogP contribution < -0.4 is 0 Å². The molecular weight excluding hydrogens is 308 g/mol. The minimum Gasteiger partial charge on any atom is -0.375 e. The molecule has 0 aromatic carbocycles. The average Bonchev–Trinajstić information content (AvgIpc) is 2.90. The van der Waals surface area contributed by atoms with E-state index in [1.54, 1.807) is 13.2 Å². The first-order valence-corrected chi connectivity index (χ1v) is 8.25. The highest BCUT2D eigenvalue weighted by atomic mass is 16.5. The van der Waals surface area contributed by atoms with Gasteiger partial charge in [-0.25, -0.2) is 4.98 Å². The average molecular weight is 330 g/mol. The van der Waals surface area contributed by atoms with Gasteiger partial charge in [-0.2, -0.15) is 4.98 Å². The van der Waals surface area contributed by atoms with Crippen LogP contribution in [0.2, 0.25) is 0 Å². The molecule has 24 heavy (non-hydrogen) atoms. The molecule has 1 atom stereocenters. The molecule has 0 bridgehead atoms. The molecule has 1 aliphatic rings. The van der Waals surface area contributed by atoms with E-state index in [-0.39, 0.29) is 18.6 Å². The summed E-state index contributed by atoms with van der Waals surface area (Å²) in [6.07, 6.45) is 3.91. The minimum atomic E-state index is -0.184. The Kier molecular flexibility index (Phi) is 5.20. The molecule has 0 radical (unpaired) electrons. The third-order valence-corrected chi connectivity index (χ3v) is 4.17. The minimum absolute atomic E-state index is 0.0799. The third kappa shape index (κ3) is 3.62. The lowest BCUT2D eigenvalue weighted by Crippen LogP contribution is -2.36. The second-order valence-corrected chi connectivity index (χ2v) is 6.01. The lowest BCUT2D eigenvalue weighted by Gasteiger charge is -2.27. The molecule has 0 saturated carbocycles. The Bertz CT molecular complexity index is 701. The summed E-state index contributed by atoms with van der Waals surface area (Å²) in [7, 11) is 1.58. The predicted octanol–water partition coefficient (Wildman–Crippen LogP) is 2.68. The summed E-state index contributed by atoms with van der Waals surface area (Å²) in [6, 6.07) is 5.31. The van der Waals surface area contributed by atoms with Crippen molar-refractivity contribution in [3.05, 3.63) is 41.3 Å². The van der Waals surface area contributed by atoms with Gasteiger partial charge >= 0.3 is 0 Å². The Morgan fingerprint density at radius 3 is 3.00 bits per heavy atom. The standard InChI is InChI=1S/C17H22N4O3/c1-12-7-6-8-13(18-12)17(22)21-10-5-3-4-9-14(21)16-19-15(11-23-2)24-20-16/h6-8,14H,3-5,9-11H2,1-2H3. The molecule has 128 valence electrons. The van der Waals surface area contributed by atoms with E-state index in [9.17, 15) is 4.79 Å². The van der Waals surface area contributed by atoms with Crippen LogP contribution in [-0.2, 0) is 11.3 Å². The fraction of sp³-hybridized carbons (Fsp3) is 0.529. The zero-order valence-corrected chi connectivity index (χ0v) is 14.1. The van der Waals surface area contributed by atoms with Crippen molar-refractivity contribution in [2.75, 3.05) is 13.7 Å². The normalized spacial score (nSPS) is 18.4. The monoisotopic (exact) mass is 330 g/mol. The summed E-state index contributed by atoms with van der Waals surface area (Å²) < 4.78 is 10.2. The van der Waals surface area contributed by atoms with Crippen LogP contribution in [0.4, 0.5) is 0 Å². The van der Waals surface area contributed by atoms with Gasteiger partial charge < -0.3 is 14.2 Å². The quantitative estimate of drug-likeness (QED) is 0.857. The van der Waals surface area contributed by atoms with Gasteiger partial charge in [0.15, 0.2) is 5.82 Å². The molecule has 2 aromatic rings. The number of ether oxygens (including phenoxy) is 1. The topological polar surface area (TPSA) is 81.4 Å². The van der Waals surface area contributed by atoms with Gasteiger partial charge in [-0.1, -0.05) is 24.1 Å². The van der Waals surface area contributed by atoms with Crippen LogP contribution in [-0.4, -0.2) is 39.6 Å². The van der Waals surface area contributed by atoms with Crippen molar-refractivity contribution >= 4 is 5.91 Å². The molecule has 0 aliphatic carbocycles. The van der Waals surface area contributed by atoms with Crippen LogP contribution >= 0.6 is 0 Å². The Morgan fingerprint density at radius 1 is 1.33 bits per heavy atom. The van der Waals surface area contributed by atoms with Crippen molar-refractivity contribution in [1.29, 1.82) is 0 Å². The number of likely N-dealkylation sites (tertiary alicyclic amines) is 1. The van der Waals surface area contributed by atoms with Gasteiger partial charge in [0.1, 0.15) is 12.3 Å². The van der Waals surface area contributed by atoms with E-state index >= 15 is 0 Å². The van der Waals surface area contributed by atoms with Gasteiger partial charge in [-0.05, 0) is 31.9 Å². The van der Waals surface area contributed by atoms with Crippen molar-refractivity contribution in [3.8, 4) is 0 Å². The number of hydrogen-bond acceptors (Lipinski definition) is 6. The van der Waals surface area contributed by atoms with Gasteiger partial charge in [0.2, 0.25) is 0 Å². The molecule has 7 heteroatoms. The maximum Gasteiger partial charge on any atom is 0.273 e. The van der Waals surface area contributed by atoms with E-state index in [0.29, 0.717) is 24.0 Å². The number of carbonyl (C=O) groups is 1. The van der Waals surface area contributed by atoms with Gasteiger partial charge in [-0.3, -0.25) is 4.79 Å². The highest BCUT2D eigenvalue weighted by Gasteiger charge is 2.31.